The molecule has 0 heterocycles. The Morgan fingerprint density at radius 1 is 1.15 bits per heavy atom. The average Bonchev–Trinajstić information content (AvgIpc) is 2.49. The molecule has 1 aromatic rings. The highest BCUT2D eigenvalue weighted by Gasteiger charge is 2.35. The van der Waals surface area contributed by atoms with Crippen LogP contribution in [0.2, 0.25) is 0 Å². The van der Waals surface area contributed by atoms with Gasteiger partial charge in [-0.15, -0.1) is 0 Å². The second-order valence-electron chi connectivity index (χ2n) is 6.22. The first-order valence-corrected chi connectivity index (χ1v) is 8.16. The van der Waals surface area contributed by atoms with Gasteiger partial charge < -0.3 is 4.90 Å². The van der Waals surface area contributed by atoms with Gasteiger partial charge in [-0.05, 0) is 62.3 Å². The molecule has 0 saturated heterocycles. The summed E-state index contributed by atoms with van der Waals surface area (Å²) in [5, 5.41) is 0. The van der Waals surface area contributed by atoms with Crippen LogP contribution in [0.15, 0.2) is 18.2 Å². The maximum atomic E-state index is 12.3. The Bertz CT molecular complexity index is 504. The lowest BCUT2D eigenvalue weighted by Gasteiger charge is -2.37. The van der Waals surface area contributed by atoms with E-state index in [0.717, 1.165) is 25.1 Å². The van der Waals surface area contributed by atoms with E-state index in [9.17, 15) is 4.79 Å². The number of hydrogen-bond acceptors (Lipinski definition) is 2. The second-order valence-corrected chi connectivity index (χ2v) is 6.22. The van der Waals surface area contributed by atoms with E-state index < -0.39 is 0 Å². The lowest BCUT2D eigenvalue weighted by molar-refractivity contribution is 0.0919. The Kier molecular flexibility index (Phi) is 3.82. The molecular weight excluding hydrogens is 246 g/mol. The lowest BCUT2D eigenvalue weighted by atomic mass is 9.67. The van der Waals surface area contributed by atoms with Crippen LogP contribution in [0.1, 0.15) is 67.8 Å². The Balaban J connectivity index is 2.01. The first kappa shape index (κ1) is 13.7. The molecule has 0 spiro atoms. The first-order chi connectivity index (χ1) is 9.74. The number of rotatable bonds is 3. The van der Waals surface area contributed by atoms with E-state index in [1.807, 2.05) is 0 Å². The van der Waals surface area contributed by atoms with Crippen molar-refractivity contribution in [3.8, 4) is 0 Å². The average molecular weight is 271 g/mol. The molecular formula is C18H25NO. The molecule has 1 fully saturated rings. The van der Waals surface area contributed by atoms with Crippen LogP contribution in [0.5, 0.6) is 0 Å². The fraction of sp³-hybridized carbons (Fsp3) is 0.611. The van der Waals surface area contributed by atoms with Crippen LogP contribution in [0.25, 0.3) is 0 Å². The maximum Gasteiger partial charge on any atom is 0.163 e. The van der Waals surface area contributed by atoms with Gasteiger partial charge in [-0.25, -0.2) is 0 Å². The van der Waals surface area contributed by atoms with Gasteiger partial charge in [-0.2, -0.15) is 0 Å². The highest BCUT2D eigenvalue weighted by Crippen LogP contribution is 2.45. The van der Waals surface area contributed by atoms with Crippen LogP contribution in [0.4, 0.5) is 5.69 Å². The molecule has 2 heteroatoms. The molecule has 20 heavy (non-hydrogen) atoms. The molecule has 0 bridgehead atoms. The minimum absolute atomic E-state index is 0.370. The molecule has 1 saturated carbocycles. The maximum absolute atomic E-state index is 12.3. The van der Waals surface area contributed by atoms with Crippen molar-refractivity contribution in [3.05, 3.63) is 29.3 Å². The zero-order chi connectivity index (χ0) is 14.1. The van der Waals surface area contributed by atoms with Crippen LogP contribution in [0.3, 0.4) is 0 Å². The smallest absolute Gasteiger partial charge is 0.163 e. The van der Waals surface area contributed by atoms with E-state index in [0.29, 0.717) is 17.6 Å². The molecule has 108 valence electrons. The molecule has 2 aliphatic carbocycles. The van der Waals surface area contributed by atoms with Crippen LogP contribution >= 0.6 is 0 Å². The number of nitrogens with zero attached hydrogens (tertiary/aromatic N) is 1. The van der Waals surface area contributed by atoms with Gasteiger partial charge in [-0.1, -0.05) is 12.8 Å². The predicted molar refractivity (Wildman–Crippen MR) is 83.6 cm³/mol. The molecule has 0 radical (unpaired) electrons. The molecule has 2 atom stereocenters. The van der Waals surface area contributed by atoms with Crippen molar-refractivity contribution in [1.82, 2.24) is 0 Å². The number of benzene rings is 1. The van der Waals surface area contributed by atoms with Gasteiger partial charge in [0, 0.05) is 30.8 Å². The number of Topliss-reactive ketones (excluding diaryl/α,β-unsaturated/α-hetero) is 1. The topological polar surface area (TPSA) is 20.3 Å². The summed E-state index contributed by atoms with van der Waals surface area (Å²) in [6.45, 7) is 6.43. The second kappa shape index (κ2) is 5.59. The molecule has 0 aliphatic heterocycles. The summed E-state index contributed by atoms with van der Waals surface area (Å²) in [4.78, 5) is 14.7. The fourth-order valence-electron chi connectivity index (χ4n) is 4.11. The molecule has 0 amide bonds. The van der Waals surface area contributed by atoms with E-state index in [4.69, 9.17) is 0 Å². The normalized spacial score (nSPS) is 25.0. The summed E-state index contributed by atoms with van der Waals surface area (Å²) in [7, 11) is 0. The van der Waals surface area contributed by atoms with E-state index >= 15 is 0 Å². The molecule has 0 N–H and O–H groups in total. The Morgan fingerprint density at radius 3 is 2.65 bits per heavy atom. The highest BCUT2D eigenvalue weighted by atomic mass is 16.1. The molecule has 0 aromatic heterocycles. The van der Waals surface area contributed by atoms with Crippen molar-refractivity contribution in [1.29, 1.82) is 0 Å². The monoisotopic (exact) mass is 271 g/mol. The quantitative estimate of drug-likeness (QED) is 0.812. The zero-order valence-electron chi connectivity index (χ0n) is 12.7. The van der Waals surface area contributed by atoms with Gasteiger partial charge in [0.2, 0.25) is 0 Å². The standard InChI is InChI=1S/C18H25NO/c1-3-19(4-2)14-9-10-16-17(12-14)15-8-6-5-7-13(15)11-18(16)20/h9-10,12-13,15H,3-8,11H2,1-2H3/t13-,15-/m0/s1. The van der Waals surface area contributed by atoms with Crippen molar-refractivity contribution in [2.75, 3.05) is 18.0 Å². The molecule has 0 unspecified atom stereocenters. The Labute approximate surface area is 122 Å². The number of anilines is 1. The van der Waals surface area contributed by atoms with Crippen molar-refractivity contribution < 1.29 is 4.79 Å². The van der Waals surface area contributed by atoms with Crippen molar-refractivity contribution in [2.45, 2.75) is 51.9 Å². The minimum Gasteiger partial charge on any atom is -0.372 e. The van der Waals surface area contributed by atoms with Gasteiger partial charge in [0.1, 0.15) is 0 Å². The number of fused-ring (bicyclic) bond motifs is 3. The van der Waals surface area contributed by atoms with Crippen molar-refractivity contribution in [3.63, 3.8) is 0 Å². The molecule has 2 aliphatic rings. The summed E-state index contributed by atoms with van der Waals surface area (Å²) in [6, 6.07) is 6.52. The third-order valence-corrected chi connectivity index (χ3v) is 5.22. The first-order valence-electron chi connectivity index (χ1n) is 8.16. The largest absolute Gasteiger partial charge is 0.372 e. The number of hydrogen-bond donors (Lipinski definition) is 0. The lowest BCUT2D eigenvalue weighted by Crippen LogP contribution is -2.29. The van der Waals surface area contributed by atoms with E-state index in [1.54, 1.807) is 0 Å². The number of carbonyl (C=O) groups is 1. The molecule has 3 rings (SSSR count). The van der Waals surface area contributed by atoms with E-state index in [1.165, 1.54) is 36.9 Å². The van der Waals surface area contributed by atoms with Crippen molar-refractivity contribution >= 4 is 11.5 Å². The van der Waals surface area contributed by atoms with Crippen LogP contribution in [-0.2, 0) is 0 Å². The SMILES string of the molecule is CCN(CC)c1ccc2c(c1)[C@H]1CCCC[C@H]1CC2=O. The zero-order valence-corrected chi connectivity index (χ0v) is 12.7. The van der Waals surface area contributed by atoms with E-state index in [2.05, 4.69) is 36.9 Å². The van der Waals surface area contributed by atoms with Gasteiger partial charge in [0.15, 0.2) is 5.78 Å². The third kappa shape index (κ3) is 2.25. The third-order valence-electron chi connectivity index (χ3n) is 5.22. The summed E-state index contributed by atoms with van der Waals surface area (Å²) in [5.41, 5.74) is 3.63. The van der Waals surface area contributed by atoms with Gasteiger partial charge in [-0.3, -0.25) is 4.79 Å². The van der Waals surface area contributed by atoms with Crippen molar-refractivity contribution in [2.24, 2.45) is 5.92 Å². The summed E-state index contributed by atoms with van der Waals surface area (Å²) in [5.74, 6) is 1.61. The minimum atomic E-state index is 0.370. The van der Waals surface area contributed by atoms with Gasteiger partial charge in [0.05, 0.1) is 0 Å². The van der Waals surface area contributed by atoms with E-state index in [-0.39, 0.29) is 0 Å². The van der Waals surface area contributed by atoms with Crippen LogP contribution < -0.4 is 4.90 Å². The molecule has 2 nitrogen and oxygen atoms in total. The number of carbonyl (C=O) groups excluding carboxylic acids is 1. The van der Waals surface area contributed by atoms with Gasteiger partial charge >= 0.3 is 0 Å². The number of ketones is 1. The summed E-state index contributed by atoms with van der Waals surface area (Å²) in [6.07, 6.45) is 5.92. The highest BCUT2D eigenvalue weighted by molar-refractivity contribution is 5.99. The van der Waals surface area contributed by atoms with Crippen LogP contribution in [-0.4, -0.2) is 18.9 Å². The predicted octanol–water partition coefficient (Wildman–Crippen LogP) is 4.39. The summed E-state index contributed by atoms with van der Waals surface area (Å²) < 4.78 is 0. The summed E-state index contributed by atoms with van der Waals surface area (Å²) >= 11 is 0. The Morgan fingerprint density at radius 2 is 1.90 bits per heavy atom. The van der Waals surface area contributed by atoms with Gasteiger partial charge in [0.25, 0.3) is 0 Å². The van der Waals surface area contributed by atoms with Crippen LogP contribution in [0, 0.1) is 5.92 Å². The fourth-order valence-corrected chi connectivity index (χ4v) is 4.11. The Hall–Kier alpha value is -1.31. The molecule has 1 aromatic carbocycles.